The first-order chi connectivity index (χ1) is 11.3. The van der Waals surface area contributed by atoms with Gasteiger partial charge >= 0.3 is 0 Å². The molecule has 0 saturated heterocycles. The number of para-hydroxylation sites is 1. The number of aromatic nitrogens is 3. The number of anilines is 1. The van der Waals surface area contributed by atoms with E-state index < -0.39 is 5.91 Å². The summed E-state index contributed by atoms with van der Waals surface area (Å²) in [5.41, 5.74) is 5.48. The molecule has 1 aliphatic heterocycles. The molecule has 7 nitrogen and oxygen atoms in total. The largest absolute Gasteiger partial charge is 0.358 e. The summed E-state index contributed by atoms with van der Waals surface area (Å²) >= 11 is 0. The predicted octanol–water partition coefficient (Wildman–Crippen LogP) is 1.64. The Morgan fingerprint density at radius 2 is 2.04 bits per heavy atom. The average Bonchev–Trinajstić information content (AvgIpc) is 2.99. The van der Waals surface area contributed by atoms with Crippen molar-refractivity contribution in [3.8, 4) is 0 Å². The van der Waals surface area contributed by atoms with Crippen LogP contribution in [0.4, 0.5) is 5.95 Å². The van der Waals surface area contributed by atoms with Gasteiger partial charge in [0.05, 0.1) is 5.56 Å². The number of nitrogens with one attached hydrogen (secondary N) is 2. The Labute approximate surface area is 131 Å². The van der Waals surface area contributed by atoms with E-state index in [1.807, 2.05) is 12.1 Å². The topological polar surface area (TPSA) is 94.1 Å². The summed E-state index contributed by atoms with van der Waals surface area (Å²) < 4.78 is 0. The molecule has 1 amide bonds. The van der Waals surface area contributed by atoms with E-state index in [9.17, 15) is 4.79 Å². The Morgan fingerprint density at radius 1 is 1.26 bits per heavy atom. The van der Waals surface area contributed by atoms with E-state index in [0.29, 0.717) is 5.95 Å². The van der Waals surface area contributed by atoms with Crippen molar-refractivity contribution in [2.45, 2.75) is 13.0 Å². The van der Waals surface area contributed by atoms with Crippen LogP contribution in [0.3, 0.4) is 0 Å². The summed E-state index contributed by atoms with van der Waals surface area (Å²) in [6, 6.07) is 8.25. The second-order valence-electron chi connectivity index (χ2n) is 5.51. The van der Waals surface area contributed by atoms with Crippen LogP contribution in [-0.4, -0.2) is 32.6 Å². The van der Waals surface area contributed by atoms with Crippen molar-refractivity contribution in [1.82, 2.24) is 20.4 Å². The summed E-state index contributed by atoms with van der Waals surface area (Å²) in [6.45, 7) is 1.54. The van der Waals surface area contributed by atoms with Gasteiger partial charge in [-0.05, 0) is 6.07 Å². The summed E-state index contributed by atoms with van der Waals surface area (Å²) in [6.07, 6.45) is 3.73. The van der Waals surface area contributed by atoms with Crippen LogP contribution in [0.1, 0.15) is 21.6 Å². The highest BCUT2D eigenvalue weighted by Crippen LogP contribution is 2.28. The average molecular weight is 309 g/mol. The van der Waals surface area contributed by atoms with Crippen molar-refractivity contribution in [1.29, 1.82) is 0 Å². The van der Waals surface area contributed by atoms with Crippen LogP contribution in [0, 0.1) is 0 Å². The van der Waals surface area contributed by atoms with Gasteiger partial charge in [-0.1, -0.05) is 18.2 Å². The minimum atomic E-state index is -0.617. The minimum Gasteiger partial charge on any atom is -0.358 e. The number of benzene rings is 1. The number of hydroxylamine groups is 1. The molecule has 3 aromatic rings. The summed E-state index contributed by atoms with van der Waals surface area (Å²) in [4.78, 5) is 25.4. The van der Waals surface area contributed by atoms with Crippen LogP contribution in [0.2, 0.25) is 0 Å². The van der Waals surface area contributed by atoms with Crippen LogP contribution in [0.15, 0.2) is 36.7 Å². The van der Waals surface area contributed by atoms with Crippen molar-refractivity contribution >= 4 is 22.8 Å². The Kier molecular flexibility index (Phi) is 3.20. The molecule has 4 rings (SSSR count). The molecule has 0 fully saturated rings. The Balaban J connectivity index is 1.63. The lowest BCUT2D eigenvalue weighted by molar-refractivity contribution is 0.0705. The van der Waals surface area contributed by atoms with Gasteiger partial charge in [-0.25, -0.2) is 15.4 Å². The molecule has 0 unspecified atom stereocenters. The van der Waals surface area contributed by atoms with Crippen molar-refractivity contribution in [3.63, 3.8) is 0 Å². The normalized spacial score (nSPS) is 13.9. The van der Waals surface area contributed by atoms with Crippen LogP contribution in [0.25, 0.3) is 10.9 Å². The zero-order chi connectivity index (χ0) is 15.8. The van der Waals surface area contributed by atoms with Crippen molar-refractivity contribution in [3.05, 3.63) is 53.5 Å². The van der Waals surface area contributed by atoms with E-state index in [0.717, 1.165) is 25.0 Å². The van der Waals surface area contributed by atoms with Gasteiger partial charge in [0.1, 0.15) is 0 Å². The number of nitrogens with zero attached hydrogens (tertiary/aromatic N) is 3. The molecule has 3 heterocycles. The number of carbonyl (C=O) groups is 1. The molecule has 0 radical (unpaired) electrons. The van der Waals surface area contributed by atoms with Crippen molar-refractivity contribution < 1.29 is 10.0 Å². The molecule has 0 atom stereocenters. The molecule has 1 aromatic carbocycles. The van der Waals surface area contributed by atoms with Gasteiger partial charge in [0.2, 0.25) is 5.95 Å². The number of carbonyl (C=O) groups excluding carboxylic acids is 1. The molecule has 2 aromatic heterocycles. The van der Waals surface area contributed by atoms with Crippen molar-refractivity contribution in [2.24, 2.45) is 0 Å². The minimum absolute atomic E-state index is 0.223. The second kappa shape index (κ2) is 5.36. The number of hydrogen-bond donors (Lipinski definition) is 3. The first kappa shape index (κ1) is 13.7. The lowest BCUT2D eigenvalue weighted by Gasteiger charge is -2.27. The van der Waals surface area contributed by atoms with Gasteiger partial charge in [-0.15, -0.1) is 0 Å². The third-order valence-corrected chi connectivity index (χ3v) is 4.17. The summed E-state index contributed by atoms with van der Waals surface area (Å²) in [7, 11) is 0. The van der Waals surface area contributed by atoms with E-state index in [-0.39, 0.29) is 5.56 Å². The van der Waals surface area contributed by atoms with Crippen LogP contribution >= 0.6 is 0 Å². The molecule has 1 aliphatic rings. The maximum absolute atomic E-state index is 11.3. The number of H-pyrrole nitrogens is 1. The van der Waals surface area contributed by atoms with Gasteiger partial charge in [0, 0.05) is 54.1 Å². The maximum atomic E-state index is 11.3. The van der Waals surface area contributed by atoms with Gasteiger partial charge < -0.3 is 9.88 Å². The highest BCUT2D eigenvalue weighted by molar-refractivity contribution is 5.92. The molecule has 23 heavy (non-hydrogen) atoms. The second-order valence-corrected chi connectivity index (χ2v) is 5.51. The van der Waals surface area contributed by atoms with E-state index in [2.05, 4.69) is 32.0 Å². The van der Waals surface area contributed by atoms with Crippen LogP contribution < -0.4 is 10.4 Å². The number of aromatic amines is 1. The van der Waals surface area contributed by atoms with Gasteiger partial charge in [0.25, 0.3) is 5.91 Å². The first-order valence-electron chi connectivity index (χ1n) is 7.36. The fourth-order valence-corrected chi connectivity index (χ4v) is 3.00. The standard InChI is InChI=1S/C16H15N5O2/c22-15(20-23)10-7-17-16(18-8-10)21-6-5-14-12(9-21)11-3-1-2-4-13(11)19-14/h1-4,7-8,19,23H,5-6,9H2,(H,20,22). The zero-order valence-corrected chi connectivity index (χ0v) is 12.3. The van der Waals surface area contributed by atoms with Gasteiger partial charge in [0.15, 0.2) is 0 Å². The van der Waals surface area contributed by atoms with Gasteiger partial charge in [-0.3, -0.25) is 10.0 Å². The van der Waals surface area contributed by atoms with E-state index in [1.165, 1.54) is 29.0 Å². The van der Waals surface area contributed by atoms with E-state index >= 15 is 0 Å². The summed E-state index contributed by atoms with van der Waals surface area (Å²) in [5.74, 6) is -0.0375. The molecule has 0 aliphatic carbocycles. The third-order valence-electron chi connectivity index (χ3n) is 4.17. The number of fused-ring (bicyclic) bond motifs is 3. The number of amides is 1. The maximum Gasteiger partial charge on any atom is 0.277 e. The van der Waals surface area contributed by atoms with E-state index in [4.69, 9.17) is 5.21 Å². The number of hydrogen-bond acceptors (Lipinski definition) is 5. The lowest BCUT2D eigenvalue weighted by atomic mass is 10.0. The lowest BCUT2D eigenvalue weighted by Crippen LogP contribution is -2.31. The molecule has 0 spiro atoms. The highest BCUT2D eigenvalue weighted by atomic mass is 16.5. The molecule has 116 valence electrons. The highest BCUT2D eigenvalue weighted by Gasteiger charge is 2.22. The molecule has 0 saturated carbocycles. The molecule has 0 bridgehead atoms. The first-order valence-corrected chi connectivity index (χ1v) is 7.36. The van der Waals surface area contributed by atoms with Crippen LogP contribution in [-0.2, 0) is 13.0 Å². The molecule has 7 heteroatoms. The Hall–Kier alpha value is -2.93. The monoisotopic (exact) mass is 309 g/mol. The fraction of sp³-hybridized carbons (Fsp3) is 0.188. The van der Waals surface area contributed by atoms with Gasteiger partial charge in [-0.2, -0.15) is 0 Å². The quantitative estimate of drug-likeness (QED) is 0.494. The molecular weight excluding hydrogens is 294 g/mol. The Morgan fingerprint density at radius 3 is 2.83 bits per heavy atom. The smallest absolute Gasteiger partial charge is 0.277 e. The molecular formula is C16H15N5O2. The third kappa shape index (κ3) is 2.31. The molecule has 3 N–H and O–H groups in total. The zero-order valence-electron chi connectivity index (χ0n) is 12.3. The number of rotatable bonds is 2. The Bertz CT molecular complexity index is 872. The van der Waals surface area contributed by atoms with Crippen molar-refractivity contribution in [2.75, 3.05) is 11.4 Å². The fourth-order valence-electron chi connectivity index (χ4n) is 3.00. The predicted molar refractivity (Wildman–Crippen MR) is 84.3 cm³/mol. The SMILES string of the molecule is O=C(NO)c1cnc(N2CCc3[nH]c4ccccc4c3C2)nc1. The van der Waals surface area contributed by atoms with E-state index in [1.54, 1.807) is 5.48 Å². The summed E-state index contributed by atoms with van der Waals surface area (Å²) in [5, 5.41) is 9.85. The van der Waals surface area contributed by atoms with Crippen LogP contribution in [0.5, 0.6) is 0 Å².